The van der Waals surface area contributed by atoms with E-state index in [0.717, 1.165) is 11.8 Å². The van der Waals surface area contributed by atoms with Crippen molar-refractivity contribution in [2.75, 3.05) is 0 Å². The highest BCUT2D eigenvalue weighted by Crippen LogP contribution is 2.40. The highest BCUT2D eigenvalue weighted by Gasteiger charge is 2.26. The molecule has 0 spiro atoms. The molecular weight excluding hydrogens is 108 g/mol. The number of hydrogen-bond acceptors (Lipinski definition) is 0. The van der Waals surface area contributed by atoms with Crippen molar-refractivity contribution in [3.63, 3.8) is 0 Å². The molecule has 0 saturated heterocycles. The van der Waals surface area contributed by atoms with Gasteiger partial charge in [0.1, 0.15) is 0 Å². The summed E-state index contributed by atoms with van der Waals surface area (Å²) in [6, 6.07) is 0. The van der Waals surface area contributed by atoms with Gasteiger partial charge in [-0.05, 0) is 24.7 Å². The van der Waals surface area contributed by atoms with Gasteiger partial charge in [-0.15, -0.1) is 0 Å². The lowest BCUT2D eigenvalue weighted by molar-refractivity contribution is 0.802. The Hall–Kier alpha value is -0.260. The highest BCUT2D eigenvalue weighted by atomic mass is 14.3. The van der Waals surface area contributed by atoms with Crippen LogP contribution in [0.3, 0.4) is 0 Å². The lowest BCUT2D eigenvalue weighted by Crippen LogP contribution is -1.76. The van der Waals surface area contributed by atoms with Crippen molar-refractivity contribution in [2.45, 2.75) is 33.6 Å². The van der Waals surface area contributed by atoms with Crippen LogP contribution in [0.15, 0.2) is 11.6 Å². The van der Waals surface area contributed by atoms with Gasteiger partial charge in [0.2, 0.25) is 0 Å². The largest absolute Gasteiger partial charge is 0.0825 e. The summed E-state index contributed by atoms with van der Waals surface area (Å²) < 4.78 is 0. The molecule has 0 radical (unpaired) electrons. The summed E-state index contributed by atoms with van der Waals surface area (Å²) in [4.78, 5) is 0. The fourth-order valence-corrected chi connectivity index (χ4v) is 1.26. The van der Waals surface area contributed by atoms with Crippen molar-refractivity contribution in [2.24, 2.45) is 11.8 Å². The minimum absolute atomic E-state index is 0.761. The van der Waals surface area contributed by atoms with E-state index < -0.39 is 0 Å². The second-order valence-corrected chi connectivity index (χ2v) is 3.29. The predicted octanol–water partition coefficient (Wildman–Crippen LogP) is 3.00. The second kappa shape index (κ2) is 2.55. The Kier molecular flexibility index (Phi) is 1.94. The van der Waals surface area contributed by atoms with Crippen LogP contribution in [0.5, 0.6) is 0 Å². The first-order chi connectivity index (χ1) is 4.24. The molecule has 0 heteroatoms. The van der Waals surface area contributed by atoms with Crippen molar-refractivity contribution in [1.82, 2.24) is 0 Å². The lowest BCUT2D eigenvalue weighted by atomic mass is 10.2. The van der Waals surface area contributed by atoms with Crippen LogP contribution in [-0.2, 0) is 0 Å². The zero-order valence-corrected chi connectivity index (χ0v) is 6.65. The standard InChI is InChI=1S/C9H16/c1-4-8-6-9(8)5-7(2)3/h5,7-8H,4,6H2,1-3H3. The molecule has 1 unspecified atom stereocenters. The minimum Gasteiger partial charge on any atom is -0.0825 e. The van der Waals surface area contributed by atoms with Gasteiger partial charge in [0.25, 0.3) is 0 Å². The average Bonchev–Trinajstić information content (AvgIpc) is 2.45. The SMILES string of the molecule is CCC1CC1=CC(C)C. The first kappa shape index (κ1) is 6.85. The summed E-state index contributed by atoms with van der Waals surface area (Å²) in [5.41, 5.74) is 1.70. The van der Waals surface area contributed by atoms with Crippen LogP contribution >= 0.6 is 0 Å². The molecular formula is C9H16. The maximum atomic E-state index is 2.41. The molecule has 0 aromatic rings. The highest BCUT2D eigenvalue weighted by molar-refractivity contribution is 5.23. The van der Waals surface area contributed by atoms with E-state index in [-0.39, 0.29) is 0 Å². The molecule has 1 atom stereocenters. The fourth-order valence-electron chi connectivity index (χ4n) is 1.26. The van der Waals surface area contributed by atoms with Gasteiger partial charge in [0, 0.05) is 0 Å². The van der Waals surface area contributed by atoms with Crippen LogP contribution in [-0.4, -0.2) is 0 Å². The molecule has 9 heavy (non-hydrogen) atoms. The zero-order valence-electron chi connectivity index (χ0n) is 6.65. The molecule has 1 aliphatic carbocycles. The molecule has 0 N–H and O–H groups in total. The van der Waals surface area contributed by atoms with Crippen LogP contribution in [0.25, 0.3) is 0 Å². The predicted molar refractivity (Wildman–Crippen MR) is 41.3 cm³/mol. The third-order valence-electron chi connectivity index (χ3n) is 1.89. The van der Waals surface area contributed by atoms with Crippen molar-refractivity contribution in [1.29, 1.82) is 0 Å². The number of allylic oxidation sites excluding steroid dienone is 2. The van der Waals surface area contributed by atoms with Crippen molar-refractivity contribution in [3.8, 4) is 0 Å². The maximum absolute atomic E-state index is 2.41. The Labute approximate surface area is 58.0 Å². The molecule has 1 aliphatic rings. The molecule has 0 bridgehead atoms. The van der Waals surface area contributed by atoms with E-state index in [0.29, 0.717) is 0 Å². The molecule has 1 saturated carbocycles. The average molecular weight is 124 g/mol. The summed E-state index contributed by atoms with van der Waals surface area (Å²) in [5.74, 6) is 1.73. The van der Waals surface area contributed by atoms with Crippen molar-refractivity contribution < 1.29 is 0 Å². The Morgan fingerprint density at radius 1 is 1.67 bits per heavy atom. The summed E-state index contributed by atoms with van der Waals surface area (Å²) >= 11 is 0. The molecule has 1 fully saturated rings. The van der Waals surface area contributed by atoms with Gasteiger partial charge >= 0.3 is 0 Å². The lowest BCUT2D eigenvalue weighted by Gasteiger charge is -1.90. The zero-order chi connectivity index (χ0) is 6.85. The third-order valence-corrected chi connectivity index (χ3v) is 1.89. The van der Waals surface area contributed by atoms with Gasteiger partial charge in [-0.25, -0.2) is 0 Å². The Balaban J connectivity index is 2.31. The van der Waals surface area contributed by atoms with Gasteiger partial charge in [0.15, 0.2) is 0 Å². The van der Waals surface area contributed by atoms with E-state index in [2.05, 4.69) is 26.8 Å². The fraction of sp³-hybridized carbons (Fsp3) is 0.778. The molecule has 0 nitrogen and oxygen atoms in total. The first-order valence-electron chi connectivity index (χ1n) is 3.94. The molecule has 0 heterocycles. The van der Waals surface area contributed by atoms with Gasteiger partial charge in [-0.2, -0.15) is 0 Å². The molecule has 52 valence electrons. The van der Waals surface area contributed by atoms with E-state index in [9.17, 15) is 0 Å². The van der Waals surface area contributed by atoms with Crippen molar-refractivity contribution in [3.05, 3.63) is 11.6 Å². The Bertz CT molecular complexity index is 120. The number of hydrogen-bond donors (Lipinski definition) is 0. The monoisotopic (exact) mass is 124 g/mol. The van der Waals surface area contributed by atoms with Crippen LogP contribution in [0.4, 0.5) is 0 Å². The topological polar surface area (TPSA) is 0 Å². The summed E-state index contributed by atoms with van der Waals surface area (Å²) in [6.45, 7) is 6.77. The Morgan fingerprint density at radius 2 is 2.33 bits per heavy atom. The van der Waals surface area contributed by atoms with Crippen LogP contribution in [0.2, 0.25) is 0 Å². The summed E-state index contributed by atoms with van der Waals surface area (Å²) in [5, 5.41) is 0. The van der Waals surface area contributed by atoms with E-state index in [1.807, 2.05) is 0 Å². The van der Waals surface area contributed by atoms with Crippen LogP contribution in [0.1, 0.15) is 33.6 Å². The smallest absolute Gasteiger partial charge is 0.0168 e. The normalized spacial score (nSPS) is 29.8. The van der Waals surface area contributed by atoms with Gasteiger partial charge in [-0.3, -0.25) is 0 Å². The van der Waals surface area contributed by atoms with E-state index >= 15 is 0 Å². The second-order valence-electron chi connectivity index (χ2n) is 3.29. The van der Waals surface area contributed by atoms with E-state index in [1.54, 1.807) is 5.57 Å². The van der Waals surface area contributed by atoms with E-state index in [4.69, 9.17) is 0 Å². The van der Waals surface area contributed by atoms with Gasteiger partial charge in [-0.1, -0.05) is 32.4 Å². The molecule has 0 aromatic carbocycles. The first-order valence-corrected chi connectivity index (χ1v) is 3.94. The number of rotatable bonds is 2. The van der Waals surface area contributed by atoms with Gasteiger partial charge < -0.3 is 0 Å². The van der Waals surface area contributed by atoms with E-state index in [1.165, 1.54) is 12.8 Å². The molecule has 0 aliphatic heterocycles. The summed E-state index contributed by atoms with van der Waals surface area (Å²) in [6.07, 6.45) is 5.14. The van der Waals surface area contributed by atoms with Crippen LogP contribution in [0, 0.1) is 11.8 Å². The third kappa shape index (κ3) is 1.85. The molecule has 1 rings (SSSR count). The maximum Gasteiger partial charge on any atom is -0.0168 e. The quantitative estimate of drug-likeness (QED) is 0.496. The molecule has 0 amide bonds. The van der Waals surface area contributed by atoms with Gasteiger partial charge in [0.05, 0.1) is 0 Å². The van der Waals surface area contributed by atoms with Crippen molar-refractivity contribution >= 4 is 0 Å². The van der Waals surface area contributed by atoms with Crippen LogP contribution < -0.4 is 0 Å². The molecule has 0 aromatic heterocycles. The minimum atomic E-state index is 0.761. The Morgan fingerprint density at radius 3 is 2.67 bits per heavy atom. The summed E-state index contributed by atoms with van der Waals surface area (Å²) in [7, 11) is 0.